The Labute approximate surface area is 72.3 Å². The minimum absolute atomic E-state index is 0.847. The van der Waals surface area contributed by atoms with Crippen molar-refractivity contribution in [1.29, 1.82) is 0 Å². The molecule has 0 radical (unpaired) electrons. The maximum absolute atomic E-state index is 2.33. The third-order valence-corrected chi connectivity index (χ3v) is 1.81. The second-order valence-corrected chi connectivity index (χ2v) is 3.85. The molecule has 64 valence electrons. The molecule has 0 saturated heterocycles. The topological polar surface area (TPSA) is 0 Å². The average molecular weight is 152 g/mol. The third kappa shape index (κ3) is 7.70. The molecule has 0 bridgehead atoms. The van der Waals surface area contributed by atoms with Gasteiger partial charge in [0.2, 0.25) is 0 Å². The van der Waals surface area contributed by atoms with E-state index < -0.39 is 0 Å². The van der Waals surface area contributed by atoms with E-state index >= 15 is 0 Å². The molecule has 0 rings (SSSR count). The predicted octanol–water partition coefficient (Wildman–Crippen LogP) is 3.42. The molecular weight excluding hydrogens is 131 g/mol. The normalized spacial score (nSPS) is 14.3. The lowest BCUT2D eigenvalue weighted by atomic mass is 9.56. The van der Waals surface area contributed by atoms with Gasteiger partial charge in [0.25, 0.3) is 0 Å². The Morgan fingerprint density at radius 2 is 1.82 bits per heavy atom. The van der Waals surface area contributed by atoms with E-state index in [1.165, 1.54) is 20.1 Å². The van der Waals surface area contributed by atoms with Gasteiger partial charge < -0.3 is 0 Å². The quantitative estimate of drug-likeness (QED) is 0.418. The van der Waals surface area contributed by atoms with Gasteiger partial charge >= 0.3 is 0 Å². The molecule has 0 aromatic rings. The molecule has 0 aliphatic carbocycles. The summed E-state index contributed by atoms with van der Waals surface area (Å²) in [4.78, 5) is 0. The Balaban J connectivity index is 3.36. The Morgan fingerprint density at radius 1 is 1.18 bits per heavy atom. The average Bonchev–Trinajstić information content (AvgIpc) is 1.86. The molecule has 0 N–H and O–H groups in total. The van der Waals surface area contributed by atoms with Crippen molar-refractivity contribution in [2.24, 2.45) is 0 Å². The van der Waals surface area contributed by atoms with Crippen LogP contribution in [0.25, 0.3) is 0 Å². The zero-order valence-corrected chi connectivity index (χ0v) is 8.43. The molecule has 0 fully saturated rings. The fourth-order valence-electron chi connectivity index (χ4n) is 1.40. The first-order valence-corrected chi connectivity index (χ1v) is 4.81. The highest BCUT2D eigenvalue weighted by atomic mass is 13.9. The third-order valence-electron chi connectivity index (χ3n) is 1.81. The first-order chi connectivity index (χ1) is 5.16. The highest BCUT2D eigenvalue weighted by Crippen LogP contribution is 2.15. The smallest absolute Gasteiger partial charge is 0.0890 e. The number of allylic oxidation sites excluding steroid dienone is 2. The van der Waals surface area contributed by atoms with E-state index in [1.54, 1.807) is 0 Å². The van der Waals surface area contributed by atoms with Gasteiger partial charge in [-0.2, -0.15) is 0 Å². The maximum atomic E-state index is 2.33. The van der Waals surface area contributed by atoms with Crippen LogP contribution in [0, 0.1) is 0 Å². The zero-order chi connectivity index (χ0) is 8.69. The van der Waals surface area contributed by atoms with Crippen molar-refractivity contribution < 1.29 is 0 Å². The molecule has 0 aromatic heterocycles. The summed E-state index contributed by atoms with van der Waals surface area (Å²) in [5, 5.41) is 0. The predicted molar refractivity (Wildman–Crippen MR) is 55.7 cm³/mol. The molecule has 0 aromatic carbocycles. The first-order valence-electron chi connectivity index (χ1n) is 4.81. The van der Waals surface area contributed by atoms with Crippen molar-refractivity contribution in [3.05, 3.63) is 12.2 Å². The number of hydrogen-bond acceptors (Lipinski definition) is 0. The lowest BCUT2D eigenvalue weighted by Gasteiger charge is -2.08. The fraction of sp³-hybridized carbons (Fsp3) is 0.800. The molecular formula is C10H21B. The van der Waals surface area contributed by atoms with Gasteiger partial charge in [-0.15, -0.1) is 0 Å². The van der Waals surface area contributed by atoms with Crippen LogP contribution in [0.4, 0.5) is 0 Å². The minimum Gasteiger partial charge on any atom is -0.0890 e. The Hall–Kier alpha value is -0.195. The first kappa shape index (κ1) is 10.8. The van der Waals surface area contributed by atoms with Crippen LogP contribution in [0.15, 0.2) is 12.2 Å². The zero-order valence-electron chi connectivity index (χ0n) is 8.43. The molecule has 0 heterocycles. The van der Waals surface area contributed by atoms with Gasteiger partial charge in [-0.05, 0) is 12.8 Å². The van der Waals surface area contributed by atoms with Gasteiger partial charge in [-0.25, -0.2) is 0 Å². The van der Waals surface area contributed by atoms with Gasteiger partial charge in [0.05, 0.1) is 0 Å². The summed E-state index contributed by atoms with van der Waals surface area (Å²) in [6, 6.07) is 0. The Morgan fingerprint density at radius 3 is 2.27 bits per heavy atom. The molecule has 1 atom stereocenters. The van der Waals surface area contributed by atoms with Gasteiger partial charge in [-0.1, -0.05) is 51.5 Å². The van der Waals surface area contributed by atoms with E-state index in [0.29, 0.717) is 0 Å². The molecule has 0 aliphatic rings. The Bertz CT molecular complexity index is 105. The Kier molecular flexibility index (Phi) is 6.40. The van der Waals surface area contributed by atoms with Crippen molar-refractivity contribution in [1.82, 2.24) is 0 Å². The van der Waals surface area contributed by atoms with Crippen LogP contribution < -0.4 is 0 Å². The van der Waals surface area contributed by atoms with Crippen LogP contribution in [-0.2, 0) is 0 Å². The summed E-state index contributed by atoms with van der Waals surface area (Å²) in [5.74, 6) is 1.71. The van der Waals surface area contributed by atoms with E-state index in [9.17, 15) is 0 Å². The van der Waals surface area contributed by atoms with Crippen molar-refractivity contribution in [2.75, 3.05) is 0 Å². The van der Waals surface area contributed by atoms with E-state index in [0.717, 1.165) is 11.6 Å². The van der Waals surface area contributed by atoms with Crippen molar-refractivity contribution in [3.63, 3.8) is 0 Å². The van der Waals surface area contributed by atoms with Crippen molar-refractivity contribution in [3.8, 4) is 0 Å². The van der Waals surface area contributed by atoms with Gasteiger partial charge in [-0.3, -0.25) is 0 Å². The summed E-state index contributed by atoms with van der Waals surface area (Å²) in [5.41, 5.74) is 0. The van der Waals surface area contributed by atoms with Crippen LogP contribution in [0.2, 0.25) is 11.6 Å². The van der Waals surface area contributed by atoms with Crippen LogP contribution in [0.1, 0.15) is 40.5 Å². The van der Waals surface area contributed by atoms with E-state index in [2.05, 4.69) is 39.8 Å². The summed E-state index contributed by atoms with van der Waals surface area (Å²) in [6.07, 6.45) is 7.00. The summed E-state index contributed by atoms with van der Waals surface area (Å²) >= 11 is 0. The number of rotatable bonds is 5. The fourth-order valence-corrected chi connectivity index (χ4v) is 1.40. The summed E-state index contributed by atoms with van der Waals surface area (Å²) in [6.45, 7) is 9.10. The molecule has 0 saturated carbocycles. The molecule has 11 heavy (non-hydrogen) atoms. The van der Waals surface area contributed by atoms with Gasteiger partial charge in [0.1, 0.15) is 7.28 Å². The van der Waals surface area contributed by atoms with Crippen LogP contribution in [0.5, 0.6) is 0 Å². The lowest BCUT2D eigenvalue weighted by molar-refractivity contribution is 0.895. The highest BCUT2D eigenvalue weighted by Gasteiger charge is 2.04. The van der Waals surface area contributed by atoms with E-state index in [4.69, 9.17) is 0 Å². The maximum Gasteiger partial charge on any atom is 0.126 e. The van der Waals surface area contributed by atoms with E-state index in [1.807, 2.05) is 0 Å². The molecule has 0 spiro atoms. The SMILES string of the molecule is CCC=CCC(C)BC(C)C. The van der Waals surface area contributed by atoms with Crippen LogP contribution >= 0.6 is 0 Å². The summed E-state index contributed by atoms with van der Waals surface area (Å²) in [7, 11) is 1.36. The molecule has 0 aliphatic heterocycles. The second-order valence-electron chi connectivity index (χ2n) is 3.85. The molecule has 0 nitrogen and oxygen atoms in total. The van der Waals surface area contributed by atoms with Crippen LogP contribution in [0.3, 0.4) is 0 Å². The number of hydrogen-bond donors (Lipinski definition) is 0. The van der Waals surface area contributed by atoms with Gasteiger partial charge in [0, 0.05) is 0 Å². The monoisotopic (exact) mass is 152 g/mol. The van der Waals surface area contributed by atoms with Crippen molar-refractivity contribution >= 4 is 7.28 Å². The largest absolute Gasteiger partial charge is 0.126 e. The molecule has 1 heteroatoms. The second kappa shape index (κ2) is 6.51. The van der Waals surface area contributed by atoms with E-state index in [-0.39, 0.29) is 0 Å². The van der Waals surface area contributed by atoms with Crippen molar-refractivity contribution in [2.45, 2.75) is 52.2 Å². The molecule has 0 amide bonds. The standard InChI is InChI=1S/C10H21B/c1-5-6-7-8-10(4)11-9(2)3/h6-7,9-11H,5,8H2,1-4H3. The summed E-state index contributed by atoms with van der Waals surface area (Å²) < 4.78 is 0. The van der Waals surface area contributed by atoms with Crippen LogP contribution in [-0.4, -0.2) is 7.28 Å². The lowest BCUT2D eigenvalue weighted by Crippen LogP contribution is -2.01. The highest BCUT2D eigenvalue weighted by molar-refractivity contribution is 6.39. The minimum atomic E-state index is 0.847. The van der Waals surface area contributed by atoms with Gasteiger partial charge in [0.15, 0.2) is 0 Å². The molecule has 1 unspecified atom stereocenters.